The van der Waals surface area contributed by atoms with E-state index < -0.39 is 5.97 Å². The summed E-state index contributed by atoms with van der Waals surface area (Å²) in [6.45, 7) is 0.853. The summed E-state index contributed by atoms with van der Waals surface area (Å²) in [6.07, 6.45) is 8.96. The summed E-state index contributed by atoms with van der Waals surface area (Å²) in [5, 5.41) is 20.6. The first-order valence-corrected chi connectivity index (χ1v) is 22.9. The SMILES string of the molecule is COC(=O)CCCCCCCCCCNC(=O)Cc1onc(-c2ccc(OC)cc2)c1-c1ccc(OC)cc1.COC(=O)C[NH3+].COc1ccc(-c2noc(CC(=O)O)c2-c2ccc(OC)cc2)cc1.[Cl-]. The van der Waals surface area contributed by atoms with Gasteiger partial charge in [-0.1, -0.05) is 73.1 Å². The number of carboxylic acid groups (broad SMARTS) is 1. The van der Waals surface area contributed by atoms with Crippen LogP contribution < -0.4 is 42.4 Å². The third kappa shape index (κ3) is 18.8. The van der Waals surface area contributed by atoms with Gasteiger partial charge < -0.3 is 66.0 Å². The summed E-state index contributed by atoms with van der Waals surface area (Å²) < 4.78 is 40.8. The first kappa shape index (κ1) is 57.9. The Morgan fingerprint density at radius 1 is 0.507 bits per heavy atom. The van der Waals surface area contributed by atoms with E-state index in [1.807, 2.05) is 97.1 Å². The molecule has 0 bridgehead atoms. The molecule has 17 nitrogen and oxygen atoms in total. The minimum absolute atomic E-state index is 0. The third-order valence-electron chi connectivity index (χ3n) is 10.9. The van der Waals surface area contributed by atoms with Crippen molar-refractivity contribution < 1.29 is 79.9 Å². The van der Waals surface area contributed by atoms with E-state index in [2.05, 4.69) is 30.8 Å². The molecular weight excluding hydrogens is 936 g/mol. The molecular formula is C53H65ClN4O13. The molecule has 4 aromatic carbocycles. The fourth-order valence-electron chi connectivity index (χ4n) is 7.12. The molecule has 0 saturated carbocycles. The number of aromatic nitrogens is 2. The number of esters is 2. The minimum atomic E-state index is -0.979. The maximum atomic E-state index is 12.8. The first-order chi connectivity index (χ1) is 34.0. The number of unbranched alkanes of at least 4 members (excludes halogenated alkanes) is 7. The summed E-state index contributed by atoms with van der Waals surface area (Å²) in [6, 6.07) is 29.9. The Labute approximate surface area is 420 Å². The number of methoxy groups -OCH3 is 6. The molecule has 0 atom stereocenters. The van der Waals surface area contributed by atoms with Gasteiger partial charge in [0, 0.05) is 24.1 Å². The van der Waals surface area contributed by atoms with Crippen molar-refractivity contribution in [2.75, 3.05) is 55.7 Å². The van der Waals surface area contributed by atoms with Crippen molar-refractivity contribution >= 4 is 23.8 Å². The lowest BCUT2D eigenvalue weighted by molar-refractivity contribution is -0.359. The fraction of sp³-hybridized carbons (Fsp3) is 0.358. The van der Waals surface area contributed by atoms with E-state index in [-0.39, 0.29) is 49.6 Å². The smallest absolute Gasteiger partial charge is 0.361 e. The van der Waals surface area contributed by atoms with E-state index in [0.717, 1.165) is 83.6 Å². The highest BCUT2D eigenvalue weighted by atomic mass is 35.5. The number of hydrogen-bond donors (Lipinski definition) is 3. The van der Waals surface area contributed by atoms with E-state index in [9.17, 15) is 19.2 Å². The lowest BCUT2D eigenvalue weighted by Crippen LogP contribution is -3.00. The normalized spacial score (nSPS) is 10.2. The molecule has 1 amide bonds. The average Bonchev–Trinajstić information content (AvgIpc) is 4.01. The molecule has 18 heteroatoms. The highest BCUT2D eigenvalue weighted by Crippen LogP contribution is 2.38. The zero-order valence-electron chi connectivity index (χ0n) is 41.3. The number of amides is 1. The average molecular weight is 1000 g/mol. The van der Waals surface area contributed by atoms with Gasteiger partial charge in [0.05, 0.1) is 60.2 Å². The zero-order valence-corrected chi connectivity index (χ0v) is 42.0. The van der Waals surface area contributed by atoms with Gasteiger partial charge in [0.2, 0.25) is 5.91 Å². The van der Waals surface area contributed by atoms with Crippen molar-refractivity contribution in [2.24, 2.45) is 0 Å². The lowest BCUT2D eigenvalue weighted by atomic mass is 9.98. The maximum absolute atomic E-state index is 12.8. The van der Waals surface area contributed by atoms with Crippen LogP contribution in [0.3, 0.4) is 0 Å². The number of nitrogens with one attached hydrogen (secondary N) is 1. The molecule has 0 fully saturated rings. The van der Waals surface area contributed by atoms with Crippen LogP contribution in [0.1, 0.15) is 69.3 Å². The van der Waals surface area contributed by atoms with Gasteiger partial charge in [0.15, 0.2) is 18.1 Å². The Bertz CT molecular complexity index is 2500. The van der Waals surface area contributed by atoms with Crippen LogP contribution in [0.4, 0.5) is 0 Å². The van der Waals surface area contributed by atoms with Gasteiger partial charge in [-0.15, -0.1) is 0 Å². The molecule has 2 heterocycles. The molecule has 6 rings (SSSR count). The number of benzene rings is 4. The highest BCUT2D eigenvalue weighted by molar-refractivity contribution is 5.87. The molecule has 0 aliphatic carbocycles. The number of aliphatic carboxylic acids is 1. The van der Waals surface area contributed by atoms with Crippen molar-refractivity contribution in [3.8, 4) is 67.8 Å². The Morgan fingerprint density at radius 2 is 0.859 bits per heavy atom. The van der Waals surface area contributed by atoms with Crippen LogP contribution in [0.5, 0.6) is 23.0 Å². The number of ether oxygens (including phenoxy) is 6. The van der Waals surface area contributed by atoms with Crippen LogP contribution in [-0.4, -0.2) is 95.0 Å². The van der Waals surface area contributed by atoms with E-state index in [4.69, 9.17) is 33.1 Å². The molecule has 0 aliphatic heterocycles. The number of quaternary nitrogens is 1. The second-order valence-electron chi connectivity index (χ2n) is 15.7. The number of carbonyl (C=O) groups excluding carboxylic acids is 3. The summed E-state index contributed by atoms with van der Waals surface area (Å²) in [5.41, 5.74) is 9.40. The number of carboxylic acids is 1. The predicted octanol–water partition coefficient (Wildman–Crippen LogP) is 5.43. The van der Waals surface area contributed by atoms with E-state index in [1.165, 1.54) is 27.1 Å². The van der Waals surface area contributed by atoms with Gasteiger partial charge in [0.25, 0.3) is 0 Å². The largest absolute Gasteiger partial charge is 1.00 e. The van der Waals surface area contributed by atoms with Gasteiger partial charge in [-0.05, 0) is 96.8 Å². The standard InChI is InChI=1S/C31H40N2O6.C19H17NO5.C3H7NO2.ClH/c1-36-25-17-13-23(14-18-25)30-27(39-33-31(30)24-15-19-26(37-2)20-16-24)22-28(34)32-21-11-9-7-5-4-6-8-10-12-29(35)38-3;1-23-14-7-3-12(4-8-14)18-16(11-17(21)22)25-20-19(18)13-5-9-15(24-2)10-6-13;1-6-3(5)2-4;/h13-20H,4-12,21-22H2,1-3H3,(H,32,34);3-10H,11H2,1-2H3,(H,21,22);2,4H2,1H3;1H. The first-order valence-electron chi connectivity index (χ1n) is 22.9. The predicted molar refractivity (Wildman–Crippen MR) is 262 cm³/mol. The fourth-order valence-corrected chi connectivity index (χ4v) is 7.12. The van der Waals surface area contributed by atoms with E-state index >= 15 is 0 Å². The Hall–Kier alpha value is -7.37. The highest BCUT2D eigenvalue weighted by Gasteiger charge is 2.23. The molecule has 0 spiro atoms. The monoisotopic (exact) mass is 1000 g/mol. The molecule has 382 valence electrons. The Kier molecular flexibility index (Phi) is 25.9. The van der Waals surface area contributed by atoms with E-state index in [1.54, 1.807) is 28.4 Å². The topological polar surface area (TPSA) is 236 Å². The third-order valence-corrected chi connectivity index (χ3v) is 10.9. The summed E-state index contributed by atoms with van der Waals surface area (Å²) in [7, 11) is 9.21. The lowest BCUT2D eigenvalue weighted by Gasteiger charge is -2.08. The Morgan fingerprint density at radius 3 is 1.20 bits per heavy atom. The second kappa shape index (κ2) is 31.7. The number of nitrogens with zero attached hydrogens (tertiary/aromatic N) is 2. The summed E-state index contributed by atoms with van der Waals surface area (Å²) in [5.74, 6) is 2.31. The molecule has 6 aromatic rings. The number of hydrogen-bond acceptors (Lipinski definition) is 14. The van der Waals surface area contributed by atoms with Crippen molar-refractivity contribution in [3.05, 3.63) is 109 Å². The molecule has 0 radical (unpaired) electrons. The molecule has 2 aromatic heterocycles. The molecule has 71 heavy (non-hydrogen) atoms. The quantitative estimate of drug-likeness (QED) is 0.0507. The molecule has 0 unspecified atom stereocenters. The number of rotatable bonds is 24. The van der Waals surface area contributed by atoms with Crippen molar-refractivity contribution in [1.82, 2.24) is 15.6 Å². The van der Waals surface area contributed by atoms with Crippen molar-refractivity contribution in [2.45, 2.75) is 70.6 Å². The summed E-state index contributed by atoms with van der Waals surface area (Å²) in [4.78, 5) is 44.9. The van der Waals surface area contributed by atoms with Crippen LogP contribution in [-0.2, 0) is 41.5 Å². The maximum Gasteiger partial charge on any atom is 0.361 e. The van der Waals surface area contributed by atoms with Crippen molar-refractivity contribution in [1.29, 1.82) is 0 Å². The number of halogens is 1. The molecule has 5 N–H and O–H groups in total. The van der Waals surface area contributed by atoms with Gasteiger partial charge in [-0.2, -0.15) is 0 Å². The van der Waals surface area contributed by atoms with Crippen LogP contribution >= 0.6 is 0 Å². The van der Waals surface area contributed by atoms with E-state index in [0.29, 0.717) is 47.2 Å². The second-order valence-corrected chi connectivity index (χ2v) is 15.7. The van der Waals surface area contributed by atoms with Crippen LogP contribution in [0.2, 0.25) is 0 Å². The summed E-state index contributed by atoms with van der Waals surface area (Å²) >= 11 is 0. The van der Waals surface area contributed by atoms with Gasteiger partial charge in [-0.25, -0.2) is 4.79 Å². The van der Waals surface area contributed by atoms with Gasteiger partial charge in [0.1, 0.15) is 40.8 Å². The minimum Gasteiger partial charge on any atom is -1.00 e. The number of carbonyl (C=O) groups is 4. The zero-order chi connectivity index (χ0) is 50.7. The van der Waals surface area contributed by atoms with Crippen LogP contribution in [0.15, 0.2) is 106 Å². The Balaban J connectivity index is 0.000000355. The molecule has 0 aliphatic rings. The van der Waals surface area contributed by atoms with Crippen molar-refractivity contribution in [3.63, 3.8) is 0 Å². The molecule has 0 saturated heterocycles. The van der Waals surface area contributed by atoms with Crippen LogP contribution in [0.25, 0.3) is 44.8 Å². The van der Waals surface area contributed by atoms with Gasteiger partial charge in [-0.3, -0.25) is 14.4 Å². The van der Waals surface area contributed by atoms with Crippen LogP contribution in [0, 0.1) is 0 Å². The van der Waals surface area contributed by atoms with Gasteiger partial charge >= 0.3 is 17.9 Å².